The molecule has 110 valence electrons. The highest BCUT2D eigenvalue weighted by Crippen LogP contribution is 2.16. The fraction of sp³-hybridized carbons (Fsp3) is 0.357. The van der Waals surface area contributed by atoms with Gasteiger partial charge in [-0.3, -0.25) is 4.98 Å². The molecule has 0 unspecified atom stereocenters. The summed E-state index contributed by atoms with van der Waals surface area (Å²) in [6, 6.07) is 3.94. The van der Waals surface area contributed by atoms with Gasteiger partial charge >= 0.3 is 6.03 Å². The molecule has 0 bridgehead atoms. The first-order chi connectivity index (χ1) is 10.3. The summed E-state index contributed by atoms with van der Waals surface area (Å²) >= 11 is 1.64. The molecular weight excluding hydrogens is 288 g/mol. The summed E-state index contributed by atoms with van der Waals surface area (Å²) in [6.07, 6.45) is 5.57. The van der Waals surface area contributed by atoms with Crippen molar-refractivity contribution in [3.8, 4) is 5.88 Å². The van der Waals surface area contributed by atoms with Gasteiger partial charge in [0.25, 0.3) is 0 Å². The molecule has 3 heterocycles. The number of urea groups is 1. The van der Waals surface area contributed by atoms with Crippen LogP contribution < -0.4 is 10.1 Å². The van der Waals surface area contributed by atoms with Crippen LogP contribution in [-0.2, 0) is 6.54 Å². The van der Waals surface area contributed by atoms with Crippen LogP contribution in [0.4, 0.5) is 4.79 Å². The maximum atomic E-state index is 12.1. The Bertz CT molecular complexity index is 576. The Balaban J connectivity index is 1.46. The minimum atomic E-state index is -0.0476. The van der Waals surface area contributed by atoms with Crippen LogP contribution in [0.2, 0.25) is 0 Å². The molecule has 0 aliphatic carbocycles. The molecule has 3 rings (SSSR count). The van der Waals surface area contributed by atoms with E-state index in [4.69, 9.17) is 4.74 Å². The summed E-state index contributed by atoms with van der Waals surface area (Å²) in [6.45, 7) is 1.84. The largest absolute Gasteiger partial charge is 0.471 e. The number of carbonyl (C=O) groups excluding carboxylic acids is 1. The average molecular weight is 304 g/mol. The molecule has 1 aliphatic heterocycles. The average Bonchev–Trinajstić information content (AvgIpc) is 3.17. The van der Waals surface area contributed by atoms with Gasteiger partial charge in [0.1, 0.15) is 6.10 Å². The molecule has 2 aromatic rings. The van der Waals surface area contributed by atoms with E-state index in [2.05, 4.69) is 15.3 Å². The zero-order valence-corrected chi connectivity index (χ0v) is 12.3. The molecule has 1 saturated heterocycles. The maximum absolute atomic E-state index is 12.1. The molecule has 1 fully saturated rings. The number of aromatic nitrogens is 2. The van der Waals surface area contributed by atoms with E-state index in [1.807, 2.05) is 17.5 Å². The van der Waals surface area contributed by atoms with Crippen LogP contribution >= 0.6 is 11.3 Å². The van der Waals surface area contributed by atoms with Crippen molar-refractivity contribution >= 4 is 17.4 Å². The van der Waals surface area contributed by atoms with Crippen LogP contribution in [0.1, 0.15) is 11.3 Å². The minimum absolute atomic E-state index is 0.0193. The summed E-state index contributed by atoms with van der Waals surface area (Å²) in [5.41, 5.74) is 0. The second-order valence-electron chi connectivity index (χ2n) is 4.76. The first-order valence-electron chi connectivity index (χ1n) is 6.79. The van der Waals surface area contributed by atoms with Crippen molar-refractivity contribution in [2.45, 2.75) is 19.1 Å². The number of likely N-dealkylation sites (tertiary alicyclic amines) is 1. The SMILES string of the molecule is O=C(NCc1cccs1)N1CC[C@@H](Oc2cnccn2)C1. The Kier molecular flexibility index (Phi) is 4.30. The van der Waals surface area contributed by atoms with E-state index in [1.165, 1.54) is 0 Å². The van der Waals surface area contributed by atoms with Crippen molar-refractivity contribution in [2.24, 2.45) is 0 Å². The normalized spacial score (nSPS) is 17.7. The predicted molar refractivity (Wildman–Crippen MR) is 79.2 cm³/mol. The predicted octanol–water partition coefficient (Wildman–Crippen LogP) is 1.90. The second-order valence-corrected chi connectivity index (χ2v) is 5.79. The van der Waals surface area contributed by atoms with Gasteiger partial charge in [-0.05, 0) is 11.4 Å². The van der Waals surface area contributed by atoms with Gasteiger partial charge < -0.3 is 15.0 Å². The van der Waals surface area contributed by atoms with Crippen molar-refractivity contribution < 1.29 is 9.53 Å². The van der Waals surface area contributed by atoms with Gasteiger partial charge in [-0.25, -0.2) is 9.78 Å². The first-order valence-corrected chi connectivity index (χ1v) is 7.67. The zero-order valence-electron chi connectivity index (χ0n) is 11.4. The topological polar surface area (TPSA) is 67.4 Å². The molecule has 2 amide bonds. The summed E-state index contributed by atoms with van der Waals surface area (Å²) < 4.78 is 5.71. The van der Waals surface area contributed by atoms with Crippen LogP contribution in [0.3, 0.4) is 0 Å². The Morgan fingerprint density at radius 1 is 1.52 bits per heavy atom. The summed E-state index contributed by atoms with van der Waals surface area (Å²) in [5.74, 6) is 0.503. The molecule has 0 saturated carbocycles. The maximum Gasteiger partial charge on any atom is 0.317 e. The molecule has 6 nitrogen and oxygen atoms in total. The van der Waals surface area contributed by atoms with Crippen LogP contribution in [0.15, 0.2) is 36.1 Å². The number of ether oxygens (including phenoxy) is 1. The molecule has 2 aromatic heterocycles. The monoisotopic (exact) mass is 304 g/mol. The Morgan fingerprint density at radius 2 is 2.48 bits per heavy atom. The van der Waals surface area contributed by atoms with E-state index in [1.54, 1.807) is 34.8 Å². The van der Waals surface area contributed by atoms with Gasteiger partial charge in [-0.1, -0.05) is 6.07 Å². The third kappa shape index (κ3) is 3.69. The fourth-order valence-corrected chi connectivity index (χ4v) is 2.86. The van der Waals surface area contributed by atoms with E-state index >= 15 is 0 Å². The summed E-state index contributed by atoms with van der Waals surface area (Å²) in [7, 11) is 0. The van der Waals surface area contributed by atoms with Gasteiger partial charge in [0.15, 0.2) is 0 Å². The quantitative estimate of drug-likeness (QED) is 0.937. The van der Waals surface area contributed by atoms with Crippen LogP contribution in [0.25, 0.3) is 0 Å². The highest BCUT2D eigenvalue weighted by molar-refractivity contribution is 7.09. The van der Waals surface area contributed by atoms with E-state index < -0.39 is 0 Å². The molecular formula is C14H16N4O2S. The molecule has 1 aliphatic rings. The molecule has 21 heavy (non-hydrogen) atoms. The second kappa shape index (κ2) is 6.53. The lowest BCUT2D eigenvalue weighted by Gasteiger charge is -2.17. The minimum Gasteiger partial charge on any atom is -0.471 e. The molecule has 1 N–H and O–H groups in total. The Labute approximate surface area is 126 Å². The molecule has 0 aromatic carbocycles. The number of amides is 2. The number of rotatable bonds is 4. The number of carbonyl (C=O) groups is 1. The van der Waals surface area contributed by atoms with Gasteiger partial charge in [-0.15, -0.1) is 11.3 Å². The van der Waals surface area contributed by atoms with Crippen molar-refractivity contribution in [2.75, 3.05) is 13.1 Å². The third-order valence-electron chi connectivity index (χ3n) is 3.25. The van der Waals surface area contributed by atoms with Crippen molar-refractivity contribution in [1.82, 2.24) is 20.2 Å². The molecule has 7 heteroatoms. The van der Waals surface area contributed by atoms with E-state index in [0.29, 0.717) is 25.5 Å². The summed E-state index contributed by atoms with van der Waals surface area (Å²) in [5, 5.41) is 4.93. The molecule has 1 atom stereocenters. The van der Waals surface area contributed by atoms with Gasteiger partial charge in [-0.2, -0.15) is 0 Å². The van der Waals surface area contributed by atoms with Crippen molar-refractivity contribution in [1.29, 1.82) is 0 Å². The molecule has 0 radical (unpaired) electrons. The van der Waals surface area contributed by atoms with E-state index in [9.17, 15) is 4.79 Å². The van der Waals surface area contributed by atoms with Gasteiger partial charge in [0, 0.05) is 30.2 Å². The number of thiophene rings is 1. The number of hydrogen-bond acceptors (Lipinski definition) is 5. The van der Waals surface area contributed by atoms with E-state index in [0.717, 1.165) is 11.3 Å². The third-order valence-corrected chi connectivity index (χ3v) is 4.13. The highest BCUT2D eigenvalue weighted by atomic mass is 32.1. The van der Waals surface area contributed by atoms with Gasteiger partial charge in [0.05, 0.1) is 19.3 Å². The van der Waals surface area contributed by atoms with Crippen molar-refractivity contribution in [3.63, 3.8) is 0 Å². The number of hydrogen-bond donors (Lipinski definition) is 1. The lowest BCUT2D eigenvalue weighted by Crippen LogP contribution is -2.38. The smallest absolute Gasteiger partial charge is 0.317 e. The van der Waals surface area contributed by atoms with Gasteiger partial charge in [0.2, 0.25) is 5.88 Å². The fourth-order valence-electron chi connectivity index (χ4n) is 2.21. The summed E-state index contributed by atoms with van der Waals surface area (Å²) in [4.78, 5) is 23.0. The van der Waals surface area contributed by atoms with Crippen LogP contribution in [0, 0.1) is 0 Å². The highest BCUT2D eigenvalue weighted by Gasteiger charge is 2.27. The number of nitrogens with zero attached hydrogens (tertiary/aromatic N) is 3. The van der Waals surface area contributed by atoms with E-state index in [-0.39, 0.29) is 12.1 Å². The first kappa shape index (κ1) is 13.8. The lowest BCUT2D eigenvalue weighted by atomic mass is 10.3. The zero-order chi connectivity index (χ0) is 14.5. The molecule has 0 spiro atoms. The Morgan fingerprint density at radius 3 is 3.24 bits per heavy atom. The standard InChI is InChI=1S/C14H16N4O2S/c19-14(17-8-12-2-1-7-21-12)18-6-3-11(10-18)20-13-9-15-4-5-16-13/h1-2,4-5,7,9,11H,3,6,8,10H2,(H,17,19)/t11-/m1/s1. The number of nitrogens with one attached hydrogen (secondary N) is 1. The van der Waals surface area contributed by atoms with Crippen molar-refractivity contribution in [3.05, 3.63) is 41.0 Å². The van der Waals surface area contributed by atoms with Crippen LogP contribution in [0.5, 0.6) is 5.88 Å². The van der Waals surface area contributed by atoms with Crippen LogP contribution in [-0.4, -0.2) is 40.1 Å². The lowest BCUT2D eigenvalue weighted by molar-refractivity contribution is 0.182. The Hall–Kier alpha value is -2.15.